The predicted octanol–water partition coefficient (Wildman–Crippen LogP) is 3.71. The fraction of sp³-hybridized carbons (Fsp3) is 0.625. The molecule has 0 saturated heterocycles. The zero-order chi connectivity index (χ0) is 12.1. The maximum atomic E-state index is 3.76. The van der Waals surface area contributed by atoms with Crippen LogP contribution in [0.4, 0.5) is 0 Å². The van der Waals surface area contributed by atoms with E-state index in [9.17, 15) is 0 Å². The minimum Gasteiger partial charge on any atom is -0.311 e. The van der Waals surface area contributed by atoms with E-state index in [1.165, 1.54) is 36.8 Å². The summed E-state index contributed by atoms with van der Waals surface area (Å²) in [4.78, 5) is 0. The van der Waals surface area contributed by atoms with E-state index in [0.29, 0.717) is 6.04 Å². The van der Waals surface area contributed by atoms with Gasteiger partial charge in [-0.1, -0.05) is 44.0 Å². The van der Waals surface area contributed by atoms with E-state index in [0.717, 1.165) is 18.9 Å². The van der Waals surface area contributed by atoms with E-state index >= 15 is 0 Å². The van der Waals surface area contributed by atoms with Gasteiger partial charge in [-0.2, -0.15) is 0 Å². The first-order valence-electron chi connectivity index (χ1n) is 7.12. The molecule has 1 aliphatic rings. The second-order valence-corrected chi connectivity index (χ2v) is 5.42. The zero-order valence-corrected chi connectivity index (χ0v) is 11.2. The molecule has 0 aromatic heterocycles. The highest BCUT2D eigenvalue weighted by Gasteiger charge is 2.16. The lowest BCUT2D eigenvalue weighted by molar-refractivity contribution is 0.448. The fourth-order valence-corrected chi connectivity index (χ4v) is 2.82. The maximum Gasteiger partial charge on any atom is 0.00817 e. The Kier molecular flexibility index (Phi) is 4.61. The van der Waals surface area contributed by atoms with Crippen LogP contribution in [0.1, 0.15) is 50.7 Å². The molecule has 0 aliphatic heterocycles. The average Bonchev–Trinajstić information content (AvgIpc) is 2.82. The molecule has 0 amide bonds. The van der Waals surface area contributed by atoms with Crippen LogP contribution in [0.3, 0.4) is 0 Å². The Hall–Kier alpha value is -0.820. The van der Waals surface area contributed by atoms with Crippen molar-refractivity contribution < 1.29 is 0 Å². The van der Waals surface area contributed by atoms with Crippen molar-refractivity contribution in [2.24, 2.45) is 0 Å². The van der Waals surface area contributed by atoms with Gasteiger partial charge < -0.3 is 5.32 Å². The highest BCUT2D eigenvalue weighted by Crippen LogP contribution is 2.18. The molecule has 17 heavy (non-hydrogen) atoms. The first-order valence-corrected chi connectivity index (χ1v) is 7.12. The first-order chi connectivity index (χ1) is 8.28. The van der Waals surface area contributed by atoms with Gasteiger partial charge in [0.2, 0.25) is 0 Å². The molecule has 1 N–H and O–H groups in total. The van der Waals surface area contributed by atoms with Gasteiger partial charge in [-0.3, -0.25) is 0 Å². The number of rotatable bonds is 5. The third-order valence-corrected chi connectivity index (χ3v) is 3.85. The molecule has 1 nitrogen and oxygen atoms in total. The van der Waals surface area contributed by atoms with Gasteiger partial charge in [-0.25, -0.2) is 0 Å². The Balaban J connectivity index is 1.81. The van der Waals surface area contributed by atoms with Crippen molar-refractivity contribution in [3.63, 3.8) is 0 Å². The Morgan fingerprint density at radius 2 is 1.71 bits per heavy atom. The van der Waals surface area contributed by atoms with E-state index in [1.54, 1.807) is 0 Å². The highest BCUT2D eigenvalue weighted by atomic mass is 14.9. The lowest BCUT2D eigenvalue weighted by atomic mass is 10.0. The standard InChI is InChI=1S/C16H25N/c1-3-14-8-10-15(11-9-14)12-13(2)17-16-6-4-5-7-16/h8-11,13,16-17H,3-7,12H2,1-2H3. The molecule has 0 bridgehead atoms. The topological polar surface area (TPSA) is 12.0 Å². The summed E-state index contributed by atoms with van der Waals surface area (Å²) < 4.78 is 0. The van der Waals surface area contributed by atoms with Crippen molar-refractivity contribution >= 4 is 0 Å². The molecule has 1 aromatic rings. The summed E-state index contributed by atoms with van der Waals surface area (Å²) in [7, 11) is 0. The molecule has 0 spiro atoms. The van der Waals surface area contributed by atoms with E-state index < -0.39 is 0 Å². The quantitative estimate of drug-likeness (QED) is 0.814. The molecule has 1 fully saturated rings. The van der Waals surface area contributed by atoms with Crippen LogP contribution in [0, 0.1) is 0 Å². The lowest BCUT2D eigenvalue weighted by Crippen LogP contribution is -2.35. The minimum atomic E-state index is 0.602. The molecular weight excluding hydrogens is 206 g/mol. The Bertz CT molecular complexity index is 322. The Morgan fingerprint density at radius 3 is 2.29 bits per heavy atom. The van der Waals surface area contributed by atoms with Crippen molar-refractivity contribution in [1.82, 2.24) is 5.32 Å². The zero-order valence-electron chi connectivity index (χ0n) is 11.2. The number of nitrogens with one attached hydrogen (secondary N) is 1. The smallest absolute Gasteiger partial charge is 0.00817 e. The summed E-state index contributed by atoms with van der Waals surface area (Å²) in [6.45, 7) is 4.52. The van der Waals surface area contributed by atoms with Crippen LogP contribution in [0.25, 0.3) is 0 Å². The molecule has 94 valence electrons. The van der Waals surface area contributed by atoms with Crippen molar-refractivity contribution in [2.45, 2.75) is 64.5 Å². The number of benzene rings is 1. The maximum absolute atomic E-state index is 3.76. The van der Waals surface area contributed by atoms with Crippen LogP contribution in [-0.4, -0.2) is 12.1 Å². The van der Waals surface area contributed by atoms with Gasteiger partial charge in [0, 0.05) is 12.1 Å². The summed E-state index contributed by atoms with van der Waals surface area (Å²) in [6.07, 6.45) is 7.86. The second-order valence-electron chi connectivity index (χ2n) is 5.42. The molecule has 2 rings (SSSR count). The summed E-state index contributed by atoms with van der Waals surface area (Å²) in [5, 5.41) is 3.76. The normalized spacial score (nSPS) is 18.5. The second kappa shape index (κ2) is 6.20. The van der Waals surface area contributed by atoms with E-state index in [1.807, 2.05) is 0 Å². The molecule has 1 saturated carbocycles. The monoisotopic (exact) mass is 231 g/mol. The third-order valence-electron chi connectivity index (χ3n) is 3.85. The third kappa shape index (κ3) is 3.85. The lowest BCUT2D eigenvalue weighted by Gasteiger charge is -2.19. The van der Waals surface area contributed by atoms with Gasteiger partial charge in [0.15, 0.2) is 0 Å². The first kappa shape index (κ1) is 12.6. The number of hydrogen-bond donors (Lipinski definition) is 1. The summed E-state index contributed by atoms with van der Waals surface area (Å²) >= 11 is 0. The number of hydrogen-bond acceptors (Lipinski definition) is 1. The van der Waals surface area contributed by atoms with Crippen LogP contribution < -0.4 is 5.32 Å². The van der Waals surface area contributed by atoms with Gasteiger partial charge in [0.25, 0.3) is 0 Å². The Labute approximate surface area is 106 Å². The fourth-order valence-electron chi connectivity index (χ4n) is 2.82. The summed E-state index contributed by atoms with van der Waals surface area (Å²) in [5.41, 5.74) is 2.89. The van der Waals surface area contributed by atoms with E-state index in [2.05, 4.69) is 43.4 Å². The largest absolute Gasteiger partial charge is 0.311 e. The summed E-state index contributed by atoms with van der Waals surface area (Å²) in [5.74, 6) is 0. The van der Waals surface area contributed by atoms with Gasteiger partial charge in [-0.05, 0) is 43.7 Å². The van der Waals surface area contributed by atoms with Crippen molar-refractivity contribution in [2.75, 3.05) is 0 Å². The van der Waals surface area contributed by atoms with Crippen LogP contribution in [0.5, 0.6) is 0 Å². The molecule has 1 unspecified atom stereocenters. The molecular formula is C16H25N. The molecule has 0 heterocycles. The van der Waals surface area contributed by atoms with Gasteiger partial charge in [0.1, 0.15) is 0 Å². The molecule has 1 aliphatic carbocycles. The van der Waals surface area contributed by atoms with Crippen LogP contribution in [-0.2, 0) is 12.8 Å². The summed E-state index contributed by atoms with van der Waals surface area (Å²) in [6, 6.07) is 10.5. The van der Waals surface area contributed by atoms with Crippen LogP contribution in [0.2, 0.25) is 0 Å². The van der Waals surface area contributed by atoms with Gasteiger partial charge >= 0.3 is 0 Å². The SMILES string of the molecule is CCc1ccc(CC(C)NC2CCCC2)cc1. The van der Waals surface area contributed by atoms with Gasteiger partial charge in [0.05, 0.1) is 0 Å². The van der Waals surface area contributed by atoms with E-state index in [-0.39, 0.29) is 0 Å². The predicted molar refractivity (Wildman–Crippen MR) is 74.4 cm³/mol. The van der Waals surface area contributed by atoms with Crippen molar-refractivity contribution in [3.05, 3.63) is 35.4 Å². The molecule has 1 heteroatoms. The Morgan fingerprint density at radius 1 is 1.12 bits per heavy atom. The van der Waals surface area contributed by atoms with Crippen LogP contribution in [0.15, 0.2) is 24.3 Å². The molecule has 0 radical (unpaired) electrons. The van der Waals surface area contributed by atoms with Crippen molar-refractivity contribution in [1.29, 1.82) is 0 Å². The van der Waals surface area contributed by atoms with Gasteiger partial charge in [-0.15, -0.1) is 0 Å². The van der Waals surface area contributed by atoms with Crippen LogP contribution >= 0.6 is 0 Å². The average molecular weight is 231 g/mol. The highest BCUT2D eigenvalue weighted by molar-refractivity contribution is 5.23. The van der Waals surface area contributed by atoms with E-state index in [4.69, 9.17) is 0 Å². The molecule has 1 aromatic carbocycles. The minimum absolute atomic E-state index is 0.602. The molecule has 1 atom stereocenters. The number of aryl methyl sites for hydroxylation is 1. The van der Waals surface area contributed by atoms with Crippen molar-refractivity contribution in [3.8, 4) is 0 Å².